The quantitative estimate of drug-likeness (QED) is 0.405. The number of morpholine rings is 2. The van der Waals surface area contributed by atoms with Crippen molar-refractivity contribution in [3.8, 4) is 0 Å². The van der Waals surface area contributed by atoms with Crippen molar-refractivity contribution in [2.45, 2.75) is 78.7 Å². The van der Waals surface area contributed by atoms with Crippen molar-refractivity contribution >= 4 is 27.9 Å². The summed E-state index contributed by atoms with van der Waals surface area (Å²) < 4.78 is 23.1. The van der Waals surface area contributed by atoms with Crippen LogP contribution in [0.2, 0.25) is 0 Å². The van der Waals surface area contributed by atoms with E-state index in [4.69, 9.17) is 18.9 Å². The average molecular weight is 608 g/mol. The summed E-state index contributed by atoms with van der Waals surface area (Å²) in [6, 6.07) is 15.7. The number of carbonyl (C=O) groups excluding carboxylic acids is 1. The molecule has 3 aliphatic rings. The third-order valence-corrected chi connectivity index (χ3v) is 6.56. The Morgan fingerprint density at radius 3 is 1.97 bits per heavy atom. The van der Waals surface area contributed by atoms with Crippen LogP contribution in [0.1, 0.15) is 70.2 Å². The van der Waals surface area contributed by atoms with E-state index >= 15 is 0 Å². The van der Waals surface area contributed by atoms with Gasteiger partial charge in [0.15, 0.2) is 6.29 Å². The molecule has 4 atom stereocenters. The number of rotatable bonds is 3. The van der Waals surface area contributed by atoms with Crippen molar-refractivity contribution in [1.82, 2.24) is 5.32 Å². The van der Waals surface area contributed by atoms with Crippen LogP contribution in [0.5, 0.6) is 0 Å². The Morgan fingerprint density at radius 1 is 0.846 bits per heavy atom. The van der Waals surface area contributed by atoms with Gasteiger partial charge in [-0.3, -0.25) is 4.79 Å². The summed E-state index contributed by atoms with van der Waals surface area (Å²) in [5.74, 6) is 0. The lowest BCUT2D eigenvalue weighted by atomic mass is 10.1. The molecule has 0 saturated carbocycles. The molecule has 2 aromatic rings. The lowest BCUT2D eigenvalue weighted by Crippen LogP contribution is -2.45. The van der Waals surface area contributed by atoms with Crippen LogP contribution in [-0.2, 0) is 18.9 Å². The lowest BCUT2D eigenvalue weighted by molar-refractivity contribution is -0.183. The summed E-state index contributed by atoms with van der Waals surface area (Å²) in [5, 5.41) is 3.26. The van der Waals surface area contributed by atoms with Gasteiger partial charge in [-0.25, -0.2) is 0 Å². The van der Waals surface area contributed by atoms with Gasteiger partial charge in [0.25, 0.3) is 0 Å². The third kappa shape index (κ3) is 12.5. The monoisotopic (exact) mass is 606 g/mol. The van der Waals surface area contributed by atoms with Gasteiger partial charge >= 0.3 is 0 Å². The molecule has 0 bridgehead atoms. The Kier molecular flexibility index (Phi) is 15.9. The maximum absolute atomic E-state index is 10.7. The third-order valence-electron chi connectivity index (χ3n) is 6.07. The van der Waals surface area contributed by atoms with E-state index in [1.165, 1.54) is 0 Å². The van der Waals surface area contributed by atoms with Crippen LogP contribution < -0.4 is 10.2 Å². The smallest absolute Gasteiger partial charge is 0.183 e. The molecule has 1 N–H and O–H groups in total. The van der Waals surface area contributed by atoms with Crippen LogP contribution in [0.25, 0.3) is 0 Å². The van der Waals surface area contributed by atoms with E-state index in [0.29, 0.717) is 12.2 Å². The maximum atomic E-state index is 10.7. The van der Waals surface area contributed by atoms with Crippen molar-refractivity contribution in [1.29, 1.82) is 0 Å². The molecule has 3 saturated heterocycles. The van der Waals surface area contributed by atoms with E-state index in [0.717, 1.165) is 73.4 Å². The van der Waals surface area contributed by atoms with Crippen molar-refractivity contribution in [3.63, 3.8) is 0 Å². The van der Waals surface area contributed by atoms with Crippen molar-refractivity contribution in [3.05, 3.63) is 64.1 Å². The number of aldehydes is 1. The highest BCUT2D eigenvalue weighted by molar-refractivity contribution is 9.10. The number of nitrogens with zero attached hydrogens (tertiary/aromatic N) is 1. The molecule has 7 nitrogen and oxygen atoms in total. The van der Waals surface area contributed by atoms with Gasteiger partial charge in [0.05, 0.1) is 37.6 Å². The molecule has 3 heterocycles. The van der Waals surface area contributed by atoms with Gasteiger partial charge in [-0.15, -0.1) is 0 Å². The van der Waals surface area contributed by atoms with E-state index < -0.39 is 0 Å². The van der Waals surface area contributed by atoms with Crippen LogP contribution in [-0.4, -0.2) is 70.1 Å². The van der Waals surface area contributed by atoms with Crippen LogP contribution in [0.3, 0.4) is 0 Å². The predicted molar refractivity (Wildman–Crippen MR) is 162 cm³/mol. The topological polar surface area (TPSA) is 69.3 Å². The highest BCUT2D eigenvalue weighted by Gasteiger charge is 2.22. The fraction of sp³-hybridized carbons (Fsp3) is 0.581. The molecule has 39 heavy (non-hydrogen) atoms. The first kappa shape index (κ1) is 33.4. The lowest BCUT2D eigenvalue weighted by Gasteiger charge is -2.36. The Bertz CT molecular complexity index is 938. The summed E-state index contributed by atoms with van der Waals surface area (Å²) in [5.41, 5.74) is 2.91. The molecule has 5 rings (SSSR count). The summed E-state index contributed by atoms with van der Waals surface area (Å²) in [6.45, 7) is 17.7. The van der Waals surface area contributed by atoms with E-state index in [1.807, 2.05) is 62.4 Å². The minimum Gasteiger partial charge on any atom is -0.373 e. The van der Waals surface area contributed by atoms with Crippen molar-refractivity contribution < 1.29 is 23.7 Å². The van der Waals surface area contributed by atoms with Gasteiger partial charge in [0.1, 0.15) is 6.29 Å². The van der Waals surface area contributed by atoms with E-state index in [2.05, 4.69) is 53.8 Å². The van der Waals surface area contributed by atoms with Gasteiger partial charge in [0.2, 0.25) is 0 Å². The number of halogens is 1. The largest absolute Gasteiger partial charge is 0.373 e. The normalized spacial score (nSPS) is 25.1. The number of benzene rings is 2. The molecule has 0 aliphatic carbocycles. The highest BCUT2D eigenvalue weighted by atomic mass is 79.9. The molecule has 218 valence electrons. The summed E-state index contributed by atoms with van der Waals surface area (Å²) >= 11 is 3.42. The number of nitrogens with one attached hydrogen (secondary N) is 1. The predicted octanol–water partition coefficient (Wildman–Crippen LogP) is 6.41. The Labute approximate surface area is 243 Å². The first-order valence-corrected chi connectivity index (χ1v) is 14.9. The van der Waals surface area contributed by atoms with E-state index in [1.54, 1.807) is 0 Å². The van der Waals surface area contributed by atoms with Gasteiger partial charge in [-0.2, -0.15) is 0 Å². The molecule has 8 heteroatoms. The number of carbonyl (C=O) groups is 1. The Hall–Kier alpha value is -1.81. The minimum atomic E-state index is -0.175. The Balaban J connectivity index is 0.000000208. The van der Waals surface area contributed by atoms with Gasteiger partial charge < -0.3 is 29.2 Å². The second-order valence-corrected chi connectivity index (χ2v) is 10.7. The first-order valence-electron chi connectivity index (χ1n) is 14.1. The second-order valence-electron chi connectivity index (χ2n) is 9.77. The molecule has 2 aromatic carbocycles. The molecule has 3 aliphatic heterocycles. The van der Waals surface area contributed by atoms with E-state index in [-0.39, 0.29) is 18.5 Å². The van der Waals surface area contributed by atoms with Crippen LogP contribution in [0.4, 0.5) is 5.69 Å². The van der Waals surface area contributed by atoms with Crippen LogP contribution >= 0.6 is 15.9 Å². The number of hydrogen-bond acceptors (Lipinski definition) is 7. The van der Waals surface area contributed by atoms with Gasteiger partial charge in [0, 0.05) is 47.5 Å². The zero-order valence-corrected chi connectivity index (χ0v) is 26.0. The maximum Gasteiger partial charge on any atom is 0.183 e. The van der Waals surface area contributed by atoms with Crippen LogP contribution in [0.15, 0.2) is 53.0 Å². The molecule has 3 fully saturated rings. The molecule has 0 amide bonds. The highest BCUT2D eigenvalue weighted by Crippen LogP contribution is 2.25. The summed E-state index contributed by atoms with van der Waals surface area (Å²) in [7, 11) is 0. The SMILES string of the molecule is Brc1cccc(C2OCCCO2)c1.CC.CC1CNCC(C)O1.C[C@@H]1CN(c2cccc(C=O)c2)C[C@H](C)O1. The second kappa shape index (κ2) is 18.5. The fourth-order valence-electron chi connectivity index (χ4n) is 4.50. The zero-order valence-electron chi connectivity index (χ0n) is 24.4. The molecular weight excluding hydrogens is 560 g/mol. The molecule has 2 unspecified atom stereocenters. The summed E-state index contributed by atoms with van der Waals surface area (Å²) in [6.07, 6.45) is 2.98. The molecule has 0 spiro atoms. The van der Waals surface area contributed by atoms with Gasteiger partial charge in [-0.05, 0) is 58.4 Å². The minimum absolute atomic E-state index is 0.175. The molecular formula is C31H47BrN2O5. The average Bonchev–Trinajstić information content (AvgIpc) is 2.95. The molecule has 0 aromatic heterocycles. The van der Waals surface area contributed by atoms with E-state index in [9.17, 15) is 4.79 Å². The summed E-state index contributed by atoms with van der Waals surface area (Å²) in [4.78, 5) is 13.0. The Morgan fingerprint density at radius 2 is 1.44 bits per heavy atom. The fourth-order valence-corrected chi connectivity index (χ4v) is 4.92. The number of hydrogen-bond donors (Lipinski definition) is 1. The first-order chi connectivity index (χ1) is 18.8. The molecule has 0 radical (unpaired) electrons. The van der Waals surface area contributed by atoms with Crippen LogP contribution in [0, 0.1) is 0 Å². The van der Waals surface area contributed by atoms with Gasteiger partial charge in [-0.1, -0.05) is 54.0 Å². The van der Waals surface area contributed by atoms with Crippen molar-refractivity contribution in [2.24, 2.45) is 0 Å². The number of anilines is 1. The number of ether oxygens (including phenoxy) is 4. The zero-order chi connectivity index (χ0) is 28.6. The van der Waals surface area contributed by atoms with Crippen molar-refractivity contribution in [2.75, 3.05) is 44.3 Å². The standard InChI is InChI=1S/C13H17NO2.C10H11BrO2.C6H13NO.C2H6/c1-10-7-14(8-11(2)16-10)13-5-3-4-12(6-13)9-15;11-9-4-1-3-8(7-9)10-12-5-2-6-13-10;1-5-3-7-4-6(2)8-5;1-2/h3-6,9-11H,7-8H2,1-2H3;1,3-4,7,10H,2,5-6H2;5-7H,3-4H2,1-2H3;1-2H3/t10-,11+;;;.